The molecule has 3 heterocycles. The second kappa shape index (κ2) is 7.34. The monoisotopic (exact) mass is 337 g/mol. The third-order valence-corrected chi connectivity index (χ3v) is 5.23. The van der Waals surface area contributed by atoms with Crippen LogP contribution in [0.4, 0.5) is 11.6 Å². The van der Waals surface area contributed by atoms with Crippen LogP contribution >= 0.6 is 11.6 Å². The van der Waals surface area contributed by atoms with Crippen LogP contribution in [0.2, 0.25) is 5.02 Å². The maximum atomic E-state index is 12.3. The zero-order valence-corrected chi connectivity index (χ0v) is 14.1. The van der Waals surface area contributed by atoms with Gasteiger partial charge in [0.1, 0.15) is 17.2 Å². The van der Waals surface area contributed by atoms with Gasteiger partial charge in [-0.2, -0.15) is 0 Å². The number of carbonyl (C=O) groups excluding carboxylic acids is 1. The summed E-state index contributed by atoms with van der Waals surface area (Å²) in [6, 6.07) is 0. The van der Waals surface area contributed by atoms with E-state index in [4.69, 9.17) is 17.3 Å². The second-order valence-electron chi connectivity index (χ2n) is 6.47. The van der Waals surface area contributed by atoms with Gasteiger partial charge in [-0.1, -0.05) is 11.6 Å². The number of carbonyl (C=O) groups is 1. The summed E-state index contributed by atoms with van der Waals surface area (Å²) in [7, 11) is 0. The minimum Gasteiger partial charge on any atom is -0.382 e. The molecular formula is C16H24ClN5O. The Kier molecular flexibility index (Phi) is 5.20. The van der Waals surface area contributed by atoms with Crippen molar-refractivity contribution in [3.05, 3.63) is 11.3 Å². The number of anilines is 2. The molecule has 6 nitrogen and oxygen atoms in total. The normalized spacial score (nSPS) is 22.2. The van der Waals surface area contributed by atoms with Gasteiger partial charge >= 0.3 is 0 Å². The predicted molar refractivity (Wildman–Crippen MR) is 91.4 cm³/mol. The number of hydrogen-bond acceptors (Lipinski definition) is 5. The van der Waals surface area contributed by atoms with Crippen LogP contribution in [-0.4, -0.2) is 47.0 Å². The van der Waals surface area contributed by atoms with Gasteiger partial charge in [0.05, 0.1) is 0 Å². The van der Waals surface area contributed by atoms with E-state index in [0.717, 1.165) is 58.3 Å². The summed E-state index contributed by atoms with van der Waals surface area (Å²) in [5.41, 5.74) is 5.77. The zero-order valence-electron chi connectivity index (χ0n) is 13.4. The Morgan fingerprint density at radius 1 is 1.17 bits per heavy atom. The van der Waals surface area contributed by atoms with E-state index in [9.17, 15) is 4.79 Å². The van der Waals surface area contributed by atoms with E-state index in [2.05, 4.69) is 14.9 Å². The number of rotatable bonds is 3. The Hall–Kier alpha value is -1.56. The van der Waals surface area contributed by atoms with Gasteiger partial charge in [0, 0.05) is 32.6 Å². The number of nitrogen functional groups attached to an aromatic ring is 1. The van der Waals surface area contributed by atoms with Crippen molar-refractivity contribution in [1.29, 1.82) is 0 Å². The highest BCUT2D eigenvalue weighted by Crippen LogP contribution is 2.30. The molecule has 2 saturated heterocycles. The summed E-state index contributed by atoms with van der Waals surface area (Å²) in [6.07, 6.45) is 7.53. The summed E-state index contributed by atoms with van der Waals surface area (Å²) in [5, 5.41) is 0.430. The smallest absolute Gasteiger partial charge is 0.222 e. The Morgan fingerprint density at radius 3 is 2.74 bits per heavy atom. The number of hydrogen-bond donors (Lipinski definition) is 1. The molecule has 2 aliphatic rings. The molecule has 0 bridgehead atoms. The van der Waals surface area contributed by atoms with Gasteiger partial charge < -0.3 is 15.5 Å². The number of nitrogens with two attached hydrogens (primary N) is 1. The molecule has 1 aromatic rings. The van der Waals surface area contributed by atoms with E-state index < -0.39 is 0 Å². The number of likely N-dealkylation sites (tertiary alicyclic amines) is 1. The summed E-state index contributed by atoms with van der Waals surface area (Å²) in [6.45, 7) is 3.62. The van der Waals surface area contributed by atoms with Crippen molar-refractivity contribution >= 4 is 29.1 Å². The fourth-order valence-electron chi connectivity index (χ4n) is 3.52. The molecule has 23 heavy (non-hydrogen) atoms. The van der Waals surface area contributed by atoms with Gasteiger partial charge in [-0.25, -0.2) is 9.97 Å². The van der Waals surface area contributed by atoms with Crippen LogP contribution in [-0.2, 0) is 4.79 Å². The first-order valence-corrected chi connectivity index (χ1v) is 8.81. The Bertz CT molecular complexity index is 561. The van der Waals surface area contributed by atoms with Crippen molar-refractivity contribution in [2.75, 3.05) is 36.8 Å². The molecule has 3 rings (SSSR count). The van der Waals surface area contributed by atoms with Gasteiger partial charge in [0.2, 0.25) is 5.91 Å². The van der Waals surface area contributed by atoms with Gasteiger partial charge in [-0.3, -0.25) is 4.79 Å². The van der Waals surface area contributed by atoms with E-state index in [1.165, 1.54) is 6.33 Å². The van der Waals surface area contributed by atoms with Crippen LogP contribution in [0.3, 0.4) is 0 Å². The molecule has 0 spiro atoms. The average Bonchev–Trinajstić information content (AvgIpc) is 2.99. The van der Waals surface area contributed by atoms with Crippen molar-refractivity contribution in [2.24, 2.45) is 5.92 Å². The SMILES string of the molecule is Nc1ncnc(N2CCCC(CC(=O)N3CCCC3)CC2)c1Cl. The largest absolute Gasteiger partial charge is 0.382 e. The molecule has 1 amide bonds. The number of halogens is 1. The second-order valence-corrected chi connectivity index (χ2v) is 6.85. The van der Waals surface area contributed by atoms with Crippen molar-refractivity contribution in [2.45, 2.75) is 38.5 Å². The van der Waals surface area contributed by atoms with E-state index in [1.54, 1.807) is 0 Å². The Balaban J connectivity index is 1.58. The molecule has 0 aliphatic carbocycles. The lowest BCUT2D eigenvalue weighted by Gasteiger charge is -2.23. The molecule has 1 aromatic heterocycles. The van der Waals surface area contributed by atoms with Gasteiger partial charge in [0.15, 0.2) is 5.82 Å². The van der Waals surface area contributed by atoms with Gasteiger partial charge in [-0.05, 0) is 38.0 Å². The van der Waals surface area contributed by atoms with Crippen molar-refractivity contribution in [1.82, 2.24) is 14.9 Å². The molecule has 0 radical (unpaired) electrons. The Labute approximate surface area is 142 Å². The molecule has 1 unspecified atom stereocenters. The summed E-state index contributed by atoms with van der Waals surface area (Å²) in [5.74, 6) is 1.81. The zero-order chi connectivity index (χ0) is 16.2. The van der Waals surface area contributed by atoms with E-state index in [0.29, 0.717) is 34.9 Å². The third kappa shape index (κ3) is 3.86. The van der Waals surface area contributed by atoms with Gasteiger partial charge in [-0.15, -0.1) is 0 Å². The molecule has 0 aromatic carbocycles. The van der Waals surface area contributed by atoms with Crippen LogP contribution in [0.5, 0.6) is 0 Å². The third-order valence-electron chi connectivity index (χ3n) is 4.87. The lowest BCUT2D eigenvalue weighted by molar-refractivity contribution is -0.131. The predicted octanol–water partition coefficient (Wildman–Crippen LogP) is 2.33. The molecule has 2 aliphatic heterocycles. The minimum atomic E-state index is 0.321. The lowest BCUT2D eigenvalue weighted by atomic mass is 9.96. The van der Waals surface area contributed by atoms with Crippen LogP contribution in [0.1, 0.15) is 38.5 Å². The first-order valence-electron chi connectivity index (χ1n) is 8.44. The van der Waals surface area contributed by atoms with Crippen molar-refractivity contribution < 1.29 is 4.79 Å². The first kappa shape index (κ1) is 16.3. The number of aromatic nitrogens is 2. The van der Waals surface area contributed by atoms with Gasteiger partial charge in [0.25, 0.3) is 0 Å². The maximum absolute atomic E-state index is 12.3. The fourth-order valence-corrected chi connectivity index (χ4v) is 3.74. The number of nitrogens with zero attached hydrogens (tertiary/aromatic N) is 4. The first-order chi connectivity index (χ1) is 11.1. The fraction of sp³-hybridized carbons (Fsp3) is 0.688. The maximum Gasteiger partial charge on any atom is 0.222 e. The van der Waals surface area contributed by atoms with Crippen LogP contribution in [0, 0.1) is 5.92 Å². The molecule has 2 N–H and O–H groups in total. The average molecular weight is 338 g/mol. The Morgan fingerprint density at radius 2 is 1.96 bits per heavy atom. The lowest BCUT2D eigenvalue weighted by Crippen LogP contribution is -2.30. The molecule has 126 valence electrons. The van der Waals surface area contributed by atoms with Crippen LogP contribution < -0.4 is 10.6 Å². The molecule has 2 fully saturated rings. The van der Waals surface area contributed by atoms with Crippen LogP contribution in [0.15, 0.2) is 6.33 Å². The van der Waals surface area contributed by atoms with Crippen molar-refractivity contribution in [3.8, 4) is 0 Å². The highest BCUT2D eigenvalue weighted by atomic mass is 35.5. The highest BCUT2D eigenvalue weighted by molar-refractivity contribution is 6.35. The quantitative estimate of drug-likeness (QED) is 0.916. The van der Waals surface area contributed by atoms with E-state index in [1.807, 2.05) is 4.90 Å². The summed E-state index contributed by atoms with van der Waals surface area (Å²) >= 11 is 6.23. The molecule has 1 atom stereocenters. The van der Waals surface area contributed by atoms with Crippen molar-refractivity contribution in [3.63, 3.8) is 0 Å². The van der Waals surface area contributed by atoms with E-state index >= 15 is 0 Å². The minimum absolute atomic E-state index is 0.321. The number of amides is 1. The molecule has 0 saturated carbocycles. The van der Waals surface area contributed by atoms with E-state index in [-0.39, 0.29) is 0 Å². The molecule has 7 heteroatoms. The summed E-state index contributed by atoms with van der Waals surface area (Å²) in [4.78, 5) is 24.7. The standard InChI is InChI=1S/C16H24ClN5O/c17-14-15(18)19-11-20-16(14)22-8-3-4-12(5-9-22)10-13(23)21-6-1-2-7-21/h11-12H,1-10H2,(H2,18,19,20). The van der Waals surface area contributed by atoms with Crippen LogP contribution in [0.25, 0.3) is 0 Å². The molecular weight excluding hydrogens is 314 g/mol. The highest BCUT2D eigenvalue weighted by Gasteiger charge is 2.25. The summed E-state index contributed by atoms with van der Waals surface area (Å²) < 4.78 is 0. The topological polar surface area (TPSA) is 75.3 Å².